The summed E-state index contributed by atoms with van der Waals surface area (Å²) in [6, 6.07) is 0.282. The van der Waals surface area contributed by atoms with Gasteiger partial charge in [-0.15, -0.1) is 0 Å². The Morgan fingerprint density at radius 3 is 2.80 bits per heavy atom. The van der Waals surface area contributed by atoms with E-state index < -0.39 is 0 Å². The Balaban J connectivity index is 2.74. The second kappa shape index (κ2) is 5.31. The standard InChI is InChI=1S/C11H17ClN2O/c1-4-9(15)5-6-11-10(12)7-13-14(11)8(2)3/h7-8H,4-6H2,1-3H3. The van der Waals surface area contributed by atoms with Gasteiger partial charge in [-0.05, 0) is 20.3 Å². The van der Waals surface area contributed by atoms with Crippen LogP contribution < -0.4 is 0 Å². The van der Waals surface area contributed by atoms with Crippen molar-refractivity contribution in [3.8, 4) is 0 Å². The molecule has 0 N–H and O–H groups in total. The minimum absolute atomic E-state index is 0.266. The molecular formula is C11H17ClN2O. The fourth-order valence-electron chi connectivity index (χ4n) is 1.48. The van der Waals surface area contributed by atoms with E-state index in [-0.39, 0.29) is 11.8 Å². The maximum atomic E-state index is 11.2. The van der Waals surface area contributed by atoms with Gasteiger partial charge in [0.2, 0.25) is 0 Å². The molecular weight excluding hydrogens is 212 g/mol. The van der Waals surface area contributed by atoms with Crippen molar-refractivity contribution in [3.63, 3.8) is 0 Å². The van der Waals surface area contributed by atoms with Gasteiger partial charge in [0.15, 0.2) is 0 Å². The molecule has 0 atom stereocenters. The minimum Gasteiger partial charge on any atom is -0.300 e. The molecule has 0 unspecified atom stereocenters. The zero-order chi connectivity index (χ0) is 11.4. The van der Waals surface area contributed by atoms with Crippen LogP contribution in [0.25, 0.3) is 0 Å². The molecule has 0 aromatic carbocycles. The summed E-state index contributed by atoms with van der Waals surface area (Å²) >= 11 is 6.02. The van der Waals surface area contributed by atoms with E-state index in [9.17, 15) is 4.79 Å². The molecule has 1 rings (SSSR count). The number of aromatic nitrogens is 2. The van der Waals surface area contributed by atoms with Crippen molar-refractivity contribution in [2.75, 3.05) is 0 Å². The van der Waals surface area contributed by atoms with Gasteiger partial charge in [0.05, 0.1) is 16.9 Å². The molecule has 0 saturated heterocycles. The number of nitrogens with zero attached hydrogens (tertiary/aromatic N) is 2. The Morgan fingerprint density at radius 1 is 1.60 bits per heavy atom. The Labute approximate surface area is 95.4 Å². The van der Waals surface area contributed by atoms with Crippen molar-refractivity contribution >= 4 is 17.4 Å². The summed E-state index contributed by atoms with van der Waals surface area (Å²) in [5.74, 6) is 0.266. The quantitative estimate of drug-likeness (QED) is 0.777. The molecule has 3 nitrogen and oxygen atoms in total. The first-order chi connectivity index (χ1) is 7.06. The van der Waals surface area contributed by atoms with Crippen LogP contribution in [0.2, 0.25) is 5.02 Å². The number of hydrogen-bond donors (Lipinski definition) is 0. The van der Waals surface area contributed by atoms with Crippen molar-refractivity contribution in [1.29, 1.82) is 0 Å². The van der Waals surface area contributed by atoms with Gasteiger partial charge in [-0.2, -0.15) is 5.10 Å². The number of rotatable bonds is 5. The zero-order valence-electron chi connectivity index (χ0n) is 9.46. The average Bonchev–Trinajstić information content (AvgIpc) is 2.56. The lowest BCUT2D eigenvalue weighted by molar-refractivity contribution is -0.118. The zero-order valence-corrected chi connectivity index (χ0v) is 10.2. The summed E-state index contributed by atoms with van der Waals surface area (Å²) in [7, 11) is 0. The molecule has 0 saturated carbocycles. The Hall–Kier alpha value is -0.830. The van der Waals surface area contributed by atoms with Crippen molar-refractivity contribution in [2.24, 2.45) is 0 Å². The molecule has 0 aliphatic heterocycles. The molecule has 0 radical (unpaired) electrons. The van der Waals surface area contributed by atoms with Crippen molar-refractivity contribution < 1.29 is 4.79 Å². The predicted octanol–water partition coefficient (Wildman–Crippen LogP) is 3.03. The highest BCUT2D eigenvalue weighted by atomic mass is 35.5. The molecule has 15 heavy (non-hydrogen) atoms. The lowest BCUT2D eigenvalue weighted by atomic mass is 10.1. The smallest absolute Gasteiger partial charge is 0.133 e. The number of Topliss-reactive ketones (excluding diaryl/α,β-unsaturated/α-hetero) is 1. The molecule has 84 valence electrons. The van der Waals surface area contributed by atoms with Crippen LogP contribution in [0.4, 0.5) is 0 Å². The van der Waals surface area contributed by atoms with E-state index in [0.717, 1.165) is 5.69 Å². The summed E-state index contributed by atoms with van der Waals surface area (Å²) in [5.41, 5.74) is 0.966. The summed E-state index contributed by atoms with van der Waals surface area (Å²) < 4.78 is 1.88. The van der Waals surface area contributed by atoms with Crippen LogP contribution in [-0.2, 0) is 11.2 Å². The topological polar surface area (TPSA) is 34.9 Å². The first-order valence-corrected chi connectivity index (χ1v) is 5.67. The van der Waals surface area contributed by atoms with E-state index in [1.165, 1.54) is 0 Å². The third-order valence-electron chi connectivity index (χ3n) is 2.37. The van der Waals surface area contributed by atoms with Gasteiger partial charge < -0.3 is 0 Å². The van der Waals surface area contributed by atoms with E-state index in [1.807, 2.05) is 11.6 Å². The number of carbonyl (C=O) groups is 1. The third kappa shape index (κ3) is 3.06. The monoisotopic (exact) mass is 228 g/mol. The van der Waals surface area contributed by atoms with Gasteiger partial charge in [-0.3, -0.25) is 9.48 Å². The van der Waals surface area contributed by atoms with Crippen LogP contribution in [0.5, 0.6) is 0 Å². The fraction of sp³-hybridized carbons (Fsp3) is 0.636. The van der Waals surface area contributed by atoms with Gasteiger partial charge in [0.25, 0.3) is 0 Å². The van der Waals surface area contributed by atoms with Gasteiger partial charge in [0, 0.05) is 18.9 Å². The fourth-order valence-corrected chi connectivity index (χ4v) is 1.70. The molecule has 1 aromatic rings. The summed E-state index contributed by atoms with van der Waals surface area (Å²) in [6.07, 6.45) is 3.47. The van der Waals surface area contributed by atoms with Gasteiger partial charge in [-0.25, -0.2) is 0 Å². The Morgan fingerprint density at radius 2 is 2.27 bits per heavy atom. The Bertz CT molecular complexity index is 344. The molecule has 4 heteroatoms. The third-order valence-corrected chi connectivity index (χ3v) is 2.69. The molecule has 0 aliphatic carbocycles. The first-order valence-electron chi connectivity index (χ1n) is 5.29. The number of hydrogen-bond acceptors (Lipinski definition) is 2. The van der Waals surface area contributed by atoms with Crippen LogP contribution in [0.15, 0.2) is 6.20 Å². The highest BCUT2D eigenvalue weighted by Crippen LogP contribution is 2.20. The molecule has 1 heterocycles. The van der Waals surface area contributed by atoms with Crippen LogP contribution in [0, 0.1) is 0 Å². The van der Waals surface area contributed by atoms with Crippen LogP contribution in [-0.4, -0.2) is 15.6 Å². The summed E-state index contributed by atoms with van der Waals surface area (Å²) in [5, 5.41) is 4.85. The number of ketones is 1. The second-order valence-corrected chi connectivity index (χ2v) is 4.28. The SMILES string of the molecule is CCC(=O)CCc1c(Cl)cnn1C(C)C. The van der Waals surface area contributed by atoms with E-state index >= 15 is 0 Å². The van der Waals surface area contributed by atoms with E-state index in [0.29, 0.717) is 24.3 Å². The molecule has 0 fully saturated rings. The number of halogens is 1. The molecule has 1 aromatic heterocycles. The Kier molecular flexibility index (Phi) is 4.33. The maximum Gasteiger partial charge on any atom is 0.133 e. The van der Waals surface area contributed by atoms with Gasteiger partial charge in [0.1, 0.15) is 5.78 Å². The van der Waals surface area contributed by atoms with Crippen LogP contribution in [0.3, 0.4) is 0 Å². The van der Waals surface area contributed by atoms with Crippen molar-refractivity contribution in [3.05, 3.63) is 16.9 Å². The highest BCUT2D eigenvalue weighted by molar-refractivity contribution is 6.31. The van der Waals surface area contributed by atoms with Gasteiger partial charge in [-0.1, -0.05) is 18.5 Å². The van der Waals surface area contributed by atoms with Crippen LogP contribution in [0.1, 0.15) is 45.3 Å². The summed E-state index contributed by atoms with van der Waals surface area (Å²) in [4.78, 5) is 11.2. The molecule has 0 bridgehead atoms. The molecule has 0 aliphatic rings. The average molecular weight is 229 g/mol. The van der Waals surface area contributed by atoms with Crippen LogP contribution >= 0.6 is 11.6 Å². The van der Waals surface area contributed by atoms with Crippen molar-refractivity contribution in [2.45, 2.75) is 46.1 Å². The van der Waals surface area contributed by atoms with Gasteiger partial charge >= 0.3 is 0 Å². The normalized spacial score (nSPS) is 11.0. The first kappa shape index (κ1) is 12.2. The number of carbonyl (C=O) groups excluding carboxylic acids is 1. The van der Waals surface area contributed by atoms with Crippen molar-refractivity contribution in [1.82, 2.24) is 9.78 Å². The lowest BCUT2D eigenvalue weighted by Crippen LogP contribution is -2.09. The van der Waals surface area contributed by atoms with E-state index in [1.54, 1.807) is 6.20 Å². The summed E-state index contributed by atoms with van der Waals surface area (Å²) in [6.45, 7) is 5.98. The predicted molar refractivity (Wildman–Crippen MR) is 61.2 cm³/mol. The maximum absolute atomic E-state index is 11.2. The second-order valence-electron chi connectivity index (χ2n) is 3.87. The largest absolute Gasteiger partial charge is 0.300 e. The van der Waals surface area contributed by atoms with E-state index in [4.69, 9.17) is 11.6 Å². The molecule has 0 spiro atoms. The minimum atomic E-state index is 0.266. The van der Waals surface area contributed by atoms with E-state index in [2.05, 4.69) is 18.9 Å². The lowest BCUT2D eigenvalue weighted by Gasteiger charge is -2.10. The molecule has 0 amide bonds. The highest BCUT2D eigenvalue weighted by Gasteiger charge is 2.12.